The van der Waals surface area contributed by atoms with Crippen LogP contribution >= 0.6 is 0 Å². The van der Waals surface area contributed by atoms with Crippen molar-refractivity contribution in [2.75, 3.05) is 13.1 Å². The molecule has 2 aromatic heterocycles. The Hall–Kier alpha value is -2.56. The van der Waals surface area contributed by atoms with Crippen molar-refractivity contribution in [3.63, 3.8) is 0 Å². The van der Waals surface area contributed by atoms with Gasteiger partial charge in [0.25, 0.3) is 11.5 Å². The lowest BCUT2D eigenvalue weighted by molar-refractivity contribution is -0.123. The highest BCUT2D eigenvalue weighted by Gasteiger charge is 2.27. The Morgan fingerprint density at radius 1 is 1.39 bits per heavy atom. The summed E-state index contributed by atoms with van der Waals surface area (Å²) in [7, 11) is 2.96. The van der Waals surface area contributed by atoms with Gasteiger partial charge in [0.2, 0.25) is 5.91 Å². The smallest absolute Gasteiger partial charge is 0.332 e. The molecule has 0 bridgehead atoms. The fourth-order valence-electron chi connectivity index (χ4n) is 2.04. The summed E-state index contributed by atoms with van der Waals surface area (Å²) in [4.78, 5) is 40.1. The van der Waals surface area contributed by atoms with Gasteiger partial charge in [-0.05, 0) is 0 Å². The molecule has 1 amide bonds. The number of fused-ring (bicyclic) bond motifs is 1. The van der Waals surface area contributed by atoms with E-state index in [-0.39, 0.29) is 11.2 Å². The van der Waals surface area contributed by atoms with Gasteiger partial charge in [-0.15, -0.1) is 0 Å². The van der Waals surface area contributed by atoms with Crippen molar-refractivity contribution >= 4 is 17.1 Å². The Bertz CT molecular complexity index is 866. The van der Waals surface area contributed by atoms with Gasteiger partial charge in [-0.3, -0.25) is 14.2 Å². The molecular weight excluding hydrogens is 314 g/mol. The summed E-state index contributed by atoms with van der Waals surface area (Å²) in [6, 6.07) is 0. The van der Waals surface area contributed by atoms with Crippen molar-refractivity contribution in [3.8, 4) is 0 Å². The van der Waals surface area contributed by atoms with Gasteiger partial charge in [-0.1, -0.05) is 0 Å². The summed E-state index contributed by atoms with van der Waals surface area (Å²) in [5.74, 6) is -4.14. The second-order valence-electron chi connectivity index (χ2n) is 5.10. The fourth-order valence-corrected chi connectivity index (χ4v) is 2.04. The van der Waals surface area contributed by atoms with Crippen LogP contribution < -0.4 is 22.3 Å². The number of nitrogens with zero attached hydrogens (tertiary/aromatic N) is 4. The zero-order valence-corrected chi connectivity index (χ0v) is 12.5. The number of halogens is 2. The number of hydrogen-bond acceptors (Lipinski definition) is 5. The van der Waals surface area contributed by atoms with Crippen LogP contribution in [0.2, 0.25) is 0 Å². The first kappa shape index (κ1) is 16.8. The van der Waals surface area contributed by atoms with Gasteiger partial charge >= 0.3 is 5.69 Å². The summed E-state index contributed by atoms with van der Waals surface area (Å²) in [6.07, 6.45) is 1.36. The maximum atomic E-state index is 13.0. The zero-order valence-electron chi connectivity index (χ0n) is 12.5. The summed E-state index contributed by atoms with van der Waals surface area (Å²) >= 11 is 0. The maximum absolute atomic E-state index is 13.0. The van der Waals surface area contributed by atoms with Gasteiger partial charge in [-0.2, -0.15) is 0 Å². The first-order valence-corrected chi connectivity index (χ1v) is 6.63. The van der Waals surface area contributed by atoms with E-state index in [0.717, 1.165) is 4.57 Å². The monoisotopic (exact) mass is 330 g/mol. The van der Waals surface area contributed by atoms with Crippen molar-refractivity contribution in [1.29, 1.82) is 0 Å². The van der Waals surface area contributed by atoms with Crippen LogP contribution in [0.5, 0.6) is 0 Å². The number of carbonyl (C=O) groups excluding carboxylic acids is 1. The van der Waals surface area contributed by atoms with E-state index in [0.29, 0.717) is 4.57 Å². The van der Waals surface area contributed by atoms with Crippen LogP contribution in [0.4, 0.5) is 8.78 Å². The minimum Gasteiger partial charge on any atom is -0.348 e. The maximum Gasteiger partial charge on any atom is 0.332 e. The molecule has 0 aliphatic heterocycles. The number of alkyl halides is 2. The highest BCUT2D eigenvalue weighted by atomic mass is 19.3. The predicted molar refractivity (Wildman–Crippen MR) is 77.2 cm³/mol. The normalized spacial score (nSPS) is 11.9. The lowest BCUT2D eigenvalue weighted by Crippen LogP contribution is -2.46. The van der Waals surface area contributed by atoms with Gasteiger partial charge in [0.1, 0.15) is 6.54 Å². The molecule has 0 radical (unpaired) electrons. The molecule has 2 aromatic rings. The van der Waals surface area contributed by atoms with Gasteiger partial charge < -0.3 is 15.6 Å². The molecule has 0 fully saturated rings. The van der Waals surface area contributed by atoms with Gasteiger partial charge in [0.15, 0.2) is 11.2 Å². The first-order valence-electron chi connectivity index (χ1n) is 6.63. The molecule has 0 spiro atoms. The van der Waals surface area contributed by atoms with E-state index in [9.17, 15) is 23.2 Å². The van der Waals surface area contributed by atoms with Crippen molar-refractivity contribution in [3.05, 3.63) is 27.2 Å². The molecule has 0 saturated carbocycles. The van der Waals surface area contributed by atoms with Crippen molar-refractivity contribution in [1.82, 2.24) is 24.0 Å². The number of amides is 1. The van der Waals surface area contributed by atoms with Crippen LogP contribution in [0, 0.1) is 0 Å². The number of aromatic nitrogens is 4. The van der Waals surface area contributed by atoms with Crippen molar-refractivity contribution in [2.45, 2.75) is 12.5 Å². The largest absolute Gasteiger partial charge is 0.348 e. The highest BCUT2D eigenvalue weighted by molar-refractivity contribution is 5.76. The number of nitrogens with one attached hydrogen (secondary N) is 1. The van der Waals surface area contributed by atoms with Crippen LogP contribution in [0.25, 0.3) is 11.2 Å². The first-order chi connectivity index (χ1) is 10.7. The Labute approximate surface area is 128 Å². The number of rotatable bonds is 5. The summed E-state index contributed by atoms with van der Waals surface area (Å²) < 4.78 is 29.2. The molecule has 23 heavy (non-hydrogen) atoms. The van der Waals surface area contributed by atoms with Crippen LogP contribution in [0.1, 0.15) is 0 Å². The fraction of sp³-hybridized carbons (Fsp3) is 0.500. The third kappa shape index (κ3) is 3.13. The molecule has 11 heteroatoms. The molecule has 0 aliphatic rings. The standard InChI is InChI=1S/C12H16F2N6O3/c1-18-6-17-9-8(18)10(22)20(11(23)19(9)2)3-7(21)16-5-12(13,14)4-15/h6H,3-5,15H2,1-2H3,(H,16,21). The highest BCUT2D eigenvalue weighted by Crippen LogP contribution is 2.08. The molecule has 2 heterocycles. The van der Waals surface area contributed by atoms with Gasteiger partial charge in [0.05, 0.1) is 19.4 Å². The molecule has 3 N–H and O–H groups in total. The molecule has 0 unspecified atom stereocenters. The minimum atomic E-state index is -3.25. The molecule has 0 aromatic carbocycles. The van der Waals surface area contributed by atoms with E-state index in [1.807, 2.05) is 5.32 Å². The Morgan fingerprint density at radius 3 is 2.65 bits per heavy atom. The topological polar surface area (TPSA) is 117 Å². The van der Waals surface area contributed by atoms with E-state index in [2.05, 4.69) is 4.98 Å². The van der Waals surface area contributed by atoms with Crippen molar-refractivity contribution < 1.29 is 13.6 Å². The van der Waals surface area contributed by atoms with Crippen LogP contribution in [-0.4, -0.2) is 43.6 Å². The quantitative estimate of drug-likeness (QED) is 0.667. The van der Waals surface area contributed by atoms with Crippen molar-refractivity contribution in [2.24, 2.45) is 19.8 Å². The van der Waals surface area contributed by atoms with E-state index >= 15 is 0 Å². The molecule has 0 saturated heterocycles. The van der Waals surface area contributed by atoms with E-state index in [4.69, 9.17) is 5.73 Å². The summed E-state index contributed by atoms with van der Waals surface area (Å²) in [5, 5.41) is 1.95. The van der Waals surface area contributed by atoms with Crippen LogP contribution in [0.3, 0.4) is 0 Å². The Kier molecular flexibility index (Phi) is 4.32. The van der Waals surface area contributed by atoms with Gasteiger partial charge in [-0.25, -0.2) is 23.1 Å². The molecule has 2 rings (SSSR count). The van der Waals surface area contributed by atoms with Crippen LogP contribution in [-0.2, 0) is 25.4 Å². The van der Waals surface area contributed by atoms with E-state index in [1.54, 1.807) is 7.05 Å². The number of hydrogen-bond donors (Lipinski definition) is 2. The average Bonchev–Trinajstić information content (AvgIpc) is 2.89. The van der Waals surface area contributed by atoms with Crippen LogP contribution in [0.15, 0.2) is 15.9 Å². The number of aryl methyl sites for hydroxylation is 2. The number of imidazole rings is 1. The summed E-state index contributed by atoms with van der Waals surface area (Å²) in [5.41, 5.74) is 3.69. The predicted octanol–water partition coefficient (Wildman–Crippen LogP) is -1.86. The second-order valence-corrected chi connectivity index (χ2v) is 5.10. The van der Waals surface area contributed by atoms with E-state index < -0.39 is 42.7 Å². The number of carbonyl (C=O) groups is 1. The minimum absolute atomic E-state index is 0.132. The molecule has 0 aliphatic carbocycles. The Morgan fingerprint density at radius 2 is 2.04 bits per heavy atom. The summed E-state index contributed by atoms with van der Waals surface area (Å²) in [6.45, 7) is -2.56. The lowest BCUT2D eigenvalue weighted by Gasteiger charge is -2.15. The van der Waals surface area contributed by atoms with E-state index in [1.165, 1.54) is 17.9 Å². The number of nitrogens with two attached hydrogens (primary N) is 1. The zero-order chi connectivity index (χ0) is 17.4. The SMILES string of the molecule is Cn1cnc2c1c(=O)n(CC(=O)NCC(F)(F)CN)c(=O)n2C. The molecular formula is C12H16F2N6O3. The second kappa shape index (κ2) is 5.91. The molecule has 126 valence electrons. The molecule has 9 nitrogen and oxygen atoms in total. The average molecular weight is 330 g/mol. The Balaban J connectivity index is 2.34. The lowest BCUT2D eigenvalue weighted by atomic mass is 10.3. The van der Waals surface area contributed by atoms with Gasteiger partial charge in [0, 0.05) is 14.1 Å². The third-order valence-electron chi connectivity index (χ3n) is 3.35. The molecule has 0 atom stereocenters. The third-order valence-corrected chi connectivity index (χ3v) is 3.35.